The summed E-state index contributed by atoms with van der Waals surface area (Å²) in [5.41, 5.74) is 9.97. The van der Waals surface area contributed by atoms with Crippen molar-refractivity contribution >= 4 is 22.5 Å². The summed E-state index contributed by atoms with van der Waals surface area (Å²) in [7, 11) is 0. The average molecular weight is 335 g/mol. The summed E-state index contributed by atoms with van der Waals surface area (Å²) in [5.74, 6) is -0.399. The zero-order chi connectivity index (χ0) is 18.0. The number of carbonyl (C=O) groups excluding carboxylic acids is 1. The molecule has 0 atom stereocenters. The highest BCUT2D eigenvalue weighted by atomic mass is 16.2. The molecule has 1 heterocycles. The van der Waals surface area contributed by atoms with Crippen LogP contribution in [0.5, 0.6) is 0 Å². The number of fused-ring (bicyclic) bond motifs is 1. The molecule has 4 N–H and O–H groups in total. The first-order valence-electron chi connectivity index (χ1n) is 8.27. The van der Waals surface area contributed by atoms with Crippen molar-refractivity contribution in [2.45, 2.75) is 26.8 Å². The molecule has 1 aromatic heterocycles. The van der Waals surface area contributed by atoms with Crippen LogP contribution in [0, 0.1) is 6.92 Å². The standard InChI is InChI=1S/C20H21N3O2/c1-3-13-8-15-18(17(21)9-13)22-11-16(19(15)24)20(25)23-10-14-6-4-12(2)5-7-14/h4-9,11H,3,10,21H2,1-2H3,(H,22,24)(H,23,25). The smallest absolute Gasteiger partial charge is 0.257 e. The number of anilines is 1. The second kappa shape index (κ2) is 6.81. The molecule has 0 aliphatic rings. The number of H-pyrrole nitrogens is 1. The van der Waals surface area contributed by atoms with E-state index >= 15 is 0 Å². The lowest BCUT2D eigenvalue weighted by atomic mass is 10.0. The number of nitrogens with two attached hydrogens (primary N) is 1. The van der Waals surface area contributed by atoms with Crippen molar-refractivity contribution in [3.8, 4) is 0 Å². The summed E-state index contributed by atoms with van der Waals surface area (Å²) in [6.07, 6.45) is 2.19. The Morgan fingerprint density at radius 2 is 1.88 bits per heavy atom. The first-order valence-corrected chi connectivity index (χ1v) is 8.27. The Bertz CT molecular complexity index is 988. The average Bonchev–Trinajstić information content (AvgIpc) is 2.61. The second-order valence-electron chi connectivity index (χ2n) is 6.16. The van der Waals surface area contributed by atoms with Crippen molar-refractivity contribution in [1.29, 1.82) is 0 Å². The van der Waals surface area contributed by atoms with Crippen molar-refractivity contribution in [3.05, 3.63) is 75.1 Å². The van der Waals surface area contributed by atoms with Gasteiger partial charge in [0.05, 0.1) is 11.2 Å². The molecule has 1 amide bonds. The van der Waals surface area contributed by atoms with E-state index in [9.17, 15) is 9.59 Å². The van der Waals surface area contributed by atoms with E-state index in [-0.39, 0.29) is 11.0 Å². The molecule has 0 radical (unpaired) electrons. The van der Waals surface area contributed by atoms with E-state index < -0.39 is 5.91 Å². The van der Waals surface area contributed by atoms with Crippen LogP contribution in [0.1, 0.15) is 34.0 Å². The number of aromatic amines is 1. The van der Waals surface area contributed by atoms with Gasteiger partial charge in [0.1, 0.15) is 5.56 Å². The molecule has 0 bridgehead atoms. The summed E-state index contributed by atoms with van der Waals surface area (Å²) < 4.78 is 0. The highest BCUT2D eigenvalue weighted by molar-refractivity contribution is 5.99. The Morgan fingerprint density at radius 1 is 1.16 bits per heavy atom. The Morgan fingerprint density at radius 3 is 2.56 bits per heavy atom. The highest BCUT2D eigenvalue weighted by Gasteiger charge is 2.14. The zero-order valence-corrected chi connectivity index (χ0v) is 14.3. The van der Waals surface area contributed by atoms with Crippen molar-refractivity contribution in [2.75, 3.05) is 5.73 Å². The molecule has 2 aromatic carbocycles. The van der Waals surface area contributed by atoms with Gasteiger partial charge in [0.25, 0.3) is 5.91 Å². The number of aromatic nitrogens is 1. The van der Waals surface area contributed by atoms with Crippen LogP contribution in [0.15, 0.2) is 47.4 Å². The lowest BCUT2D eigenvalue weighted by Gasteiger charge is -2.09. The second-order valence-corrected chi connectivity index (χ2v) is 6.16. The molecule has 0 saturated carbocycles. The molecule has 3 rings (SSSR count). The van der Waals surface area contributed by atoms with Gasteiger partial charge < -0.3 is 16.0 Å². The van der Waals surface area contributed by atoms with Crippen LogP contribution in [-0.2, 0) is 13.0 Å². The number of pyridine rings is 1. The monoisotopic (exact) mass is 335 g/mol. The molecule has 25 heavy (non-hydrogen) atoms. The number of hydrogen-bond acceptors (Lipinski definition) is 3. The van der Waals surface area contributed by atoms with Gasteiger partial charge in [-0.25, -0.2) is 0 Å². The third-order valence-corrected chi connectivity index (χ3v) is 4.31. The zero-order valence-electron chi connectivity index (χ0n) is 14.3. The molecule has 0 aliphatic carbocycles. The van der Waals surface area contributed by atoms with Crippen molar-refractivity contribution < 1.29 is 4.79 Å². The third kappa shape index (κ3) is 3.40. The molecular formula is C20H21N3O2. The highest BCUT2D eigenvalue weighted by Crippen LogP contribution is 2.19. The minimum Gasteiger partial charge on any atom is -0.397 e. The maximum atomic E-state index is 12.7. The van der Waals surface area contributed by atoms with E-state index in [1.807, 2.05) is 44.2 Å². The summed E-state index contributed by atoms with van der Waals surface area (Å²) in [4.78, 5) is 28.1. The van der Waals surface area contributed by atoms with E-state index in [4.69, 9.17) is 5.73 Å². The largest absolute Gasteiger partial charge is 0.397 e. The number of amides is 1. The van der Waals surface area contributed by atoms with E-state index in [1.54, 1.807) is 6.07 Å². The van der Waals surface area contributed by atoms with Gasteiger partial charge >= 0.3 is 0 Å². The van der Waals surface area contributed by atoms with Gasteiger partial charge in [0, 0.05) is 18.1 Å². The van der Waals surface area contributed by atoms with Crippen molar-refractivity contribution in [1.82, 2.24) is 10.3 Å². The first-order chi connectivity index (χ1) is 12.0. The van der Waals surface area contributed by atoms with Crippen molar-refractivity contribution in [3.63, 3.8) is 0 Å². The molecule has 3 aromatic rings. The SMILES string of the molecule is CCc1cc(N)c2[nH]cc(C(=O)NCc3ccc(C)cc3)c(=O)c2c1. The number of carbonyl (C=O) groups is 1. The Labute approximate surface area is 145 Å². The summed E-state index contributed by atoms with van der Waals surface area (Å²) in [6.45, 7) is 4.37. The lowest BCUT2D eigenvalue weighted by molar-refractivity contribution is 0.0949. The van der Waals surface area contributed by atoms with Gasteiger partial charge in [-0.15, -0.1) is 0 Å². The molecule has 5 heteroatoms. The number of rotatable bonds is 4. The Kier molecular flexibility index (Phi) is 4.57. The number of benzene rings is 2. The fraction of sp³-hybridized carbons (Fsp3) is 0.200. The van der Waals surface area contributed by atoms with Crippen LogP contribution in [0.25, 0.3) is 10.9 Å². The maximum absolute atomic E-state index is 12.7. The summed E-state index contributed by atoms with van der Waals surface area (Å²) >= 11 is 0. The van der Waals surface area contributed by atoms with Gasteiger partial charge in [-0.2, -0.15) is 0 Å². The number of nitrogen functional groups attached to an aromatic ring is 1. The predicted molar refractivity (Wildman–Crippen MR) is 101 cm³/mol. The molecule has 0 fully saturated rings. The Balaban J connectivity index is 1.90. The van der Waals surface area contributed by atoms with Crippen LogP contribution in [0.4, 0.5) is 5.69 Å². The van der Waals surface area contributed by atoms with Crippen LogP contribution in [0.2, 0.25) is 0 Å². The van der Waals surface area contributed by atoms with Gasteiger partial charge in [-0.05, 0) is 36.6 Å². The normalized spacial score (nSPS) is 10.8. The van der Waals surface area contributed by atoms with E-state index in [1.165, 1.54) is 6.20 Å². The van der Waals surface area contributed by atoms with E-state index in [0.717, 1.165) is 23.1 Å². The molecule has 0 spiro atoms. The topological polar surface area (TPSA) is 88.0 Å². The first kappa shape index (κ1) is 16.8. The van der Waals surface area contributed by atoms with E-state index in [2.05, 4.69) is 10.3 Å². The van der Waals surface area contributed by atoms with Crippen LogP contribution < -0.4 is 16.5 Å². The molecule has 5 nitrogen and oxygen atoms in total. The predicted octanol–water partition coefficient (Wildman–Crippen LogP) is 2.91. The van der Waals surface area contributed by atoms with Gasteiger partial charge in [-0.3, -0.25) is 9.59 Å². The molecule has 0 aliphatic heterocycles. The molecule has 0 saturated heterocycles. The van der Waals surface area contributed by atoms with Crippen LogP contribution >= 0.6 is 0 Å². The summed E-state index contributed by atoms with van der Waals surface area (Å²) in [6, 6.07) is 11.5. The van der Waals surface area contributed by atoms with Crippen LogP contribution in [0.3, 0.4) is 0 Å². The Hall–Kier alpha value is -3.08. The minimum atomic E-state index is -0.399. The molecule has 0 unspecified atom stereocenters. The molecular weight excluding hydrogens is 314 g/mol. The lowest BCUT2D eigenvalue weighted by Crippen LogP contribution is -2.28. The third-order valence-electron chi connectivity index (χ3n) is 4.31. The van der Waals surface area contributed by atoms with Crippen LogP contribution in [-0.4, -0.2) is 10.9 Å². The quantitative estimate of drug-likeness (QED) is 0.641. The van der Waals surface area contributed by atoms with Gasteiger partial charge in [0.2, 0.25) is 5.43 Å². The molecule has 128 valence electrons. The summed E-state index contributed by atoms with van der Waals surface area (Å²) in [5, 5.41) is 3.24. The van der Waals surface area contributed by atoms with Gasteiger partial charge in [-0.1, -0.05) is 36.8 Å². The number of nitrogens with one attached hydrogen (secondary N) is 2. The fourth-order valence-corrected chi connectivity index (χ4v) is 2.78. The minimum absolute atomic E-state index is 0.0901. The van der Waals surface area contributed by atoms with E-state index in [0.29, 0.717) is 23.1 Å². The maximum Gasteiger partial charge on any atom is 0.257 e. The fourth-order valence-electron chi connectivity index (χ4n) is 2.78. The van der Waals surface area contributed by atoms with Crippen molar-refractivity contribution in [2.24, 2.45) is 0 Å². The van der Waals surface area contributed by atoms with Gasteiger partial charge in [0.15, 0.2) is 0 Å². The number of hydrogen-bond donors (Lipinski definition) is 3. The number of aryl methyl sites for hydroxylation is 2.